The molecule has 134 valence electrons. The van der Waals surface area contributed by atoms with Crippen LogP contribution in [-0.2, 0) is 11.3 Å². The molecule has 2 rings (SSSR count). The Morgan fingerprint density at radius 3 is 2.46 bits per heavy atom. The second-order valence-corrected chi connectivity index (χ2v) is 5.64. The van der Waals surface area contributed by atoms with E-state index < -0.39 is 36.7 Å². The molecule has 0 unspecified atom stereocenters. The van der Waals surface area contributed by atoms with Crippen LogP contribution in [0.25, 0.3) is 0 Å². The summed E-state index contributed by atoms with van der Waals surface area (Å²) in [4.78, 5) is 15.2. The monoisotopic (exact) mass is 356 g/mol. The summed E-state index contributed by atoms with van der Waals surface area (Å²) in [6, 6.07) is 2.60. The Bertz CT molecular complexity index is 596. The minimum atomic E-state index is -4.51. The third-order valence-electron chi connectivity index (χ3n) is 3.63. The third-order valence-corrected chi connectivity index (χ3v) is 3.63. The van der Waals surface area contributed by atoms with Gasteiger partial charge < -0.3 is 10.1 Å². The van der Waals surface area contributed by atoms with Crippen molar-refractivity contribution in [2.45, 2.75) is 38.2 Å². The molecule has 1 aliphatic rings. The van der Waals surface area contributed by atoms with E-state index in [4.69, 9.17) is 0 Å². The molecule has 0 atom stereocenters. The number of rotatable bonds is 6. The maximum Gasteiger partial charge on any atom is 0.422 e. The smallest absolute Gasteiger partial charge is 0.422 e. The quantitative estimate of drug-likeness (QED) is 0.795. The standard InChI is InChI=1S/C14H14F6N2O2/c15-13(16,17)8-24-11-5-9(1-4-21-11)7-22-10(23)6-12(2-3-12)14(18,19)20/h1,4-5H,2-3,6-8H2,(H,22,23). The van der Waals surface area contributed by atoms with Gasteiger partial charge in [0.05, 0.1) is 5.41 Å². The van der Waals surface area contributed by atoms with E-state index in [0.717, 1.165) is 0 Å². The van der Waals surface area contributed by atoms with Gasteiger partial charge in [0.2, 0.25) is 11.8 Å². The first-order valence-corrected chi connectivity index (χ1v) is 6.99. The Labute approximate surface area is 133 Å². The van der Waals surface area contributed by atoms with E-state index in [2.05, 4.69) is 15.0 Å². The molecular formula is C14H14F6N2O2. The summed E-state index contributed by atoms with van der Waals surface area (Å²) in [6.07, 6.45) is -8.55. The second kappa shape index (κ2) is 6.48. The van der Waals surface area contributed by atoms with Crippen LogP contribution in [0.4, 0.5) is 26.3 Å². The van der Waals surface area contributed by atoms with Gasteiger partial charge in [0.15, 0.2) is 6.61 Å². The van der Waals surface area contributed by atoms with E-state index in [9.17, 15) is 31.1 Å². The Balaban J connectivity index is 1.85. The summed E-state index contributed by atoms with van der Waals surface area (Å²) in [5.74, 6) is -1.05. The SMILES string of the molecule is O=C(CC1(C(F)(F)F)CC1)NCc1ccnc(OCC(F)(F)F)c1. The summed E-state index contributed by atoms with van der Waals surface area (Å²) in [7, 11) is 0. The molecule has 1 saturated carbocycles. The number of hydrogen-bond acceptors (Lipinski definition) is 3. The number of pyridine rings is 1. The van der Waals surface area contributed by atoms with Gasteiger partial charge in [-0.05, 0) is 24.5 Å². The second-order valence-electron chi connectivity index (χ2n) is 5.64. The van der Waals surface area contributed by atoms with E-state index in [1.54, 1.807) is 0 Å². The van der Waals surface area contributed by atoms with Crippen molar-refractivity contribution in [3.05, 3.63) is 23.9 Å². The molecule has 1 fully saturated rings. The first-order valence-electron chi connectivity index (χ1n) is 6.99. The molecule has 1 amide bonds. The molecule has 1 aromatic heterocycles. The predicted octanol–water partition coefficient (Wildman–Crippen LogP) is 3.37. The average Bonchev–Trinajstić information content (AvgIpc) is 3.23. The minimum Gasteiger partial charge on any atom is -0.468 e. The average molecular weight is 356 g/mol. The van der Waals surface area contributed by atoms with Crippen molar-refractivity contribution in [2.24, 2.45) is 5.41 Å². The number of nitrogens with one attached hydrogen (secondary N) is 1. The zero-order chi connectivity index (χ0) is 18.0. The Morgan fingerprint density at radius 2 is 1.92 bits per heavy atom. The van der Waals surface area contributed by atoms with Crippen LogP contribution in [0.2, 0.25) is 0 Å². The normalized spacial score (nSPS) is 16.6. The van der Waals surface area contributed by atoms with Crippen LogP contribution >= 0.6 is 0 Å². The highest BCUT2D eigenvalue weighted by Gasteiger charge is 2.63. The van der Waals surface area contributed by atoms with Crippen molar-refractivity contribution in [3.8, 4) is 5.88 Å². The van der Waals surface area contributed by atoms with Crippen LogP contribution < -0.4 is 10.1 Å². The molecule has 1 heterocycles. The van der Waals surface area contributed by atoms with Gasteiger partial charge in [0.25, 0.3) is 0 Å². The number of amides is 1. The van der Waals surface area contributed by atoms with Gasteiger partial charge in [-0.1, -0.05) is 0 Å². The van der Waals surface area contributed by atoms with E-state index in [-0.39, 0.29) is 25.3 Å². The summed E-state index contributed by atoms with van der Waals surface area (Å²) in [5.41, 5.74) is -1.57. The molecule has 1 N–H and O–H groups in total. The van der Waals surface area contributed by atoms with Crippen molar-refractivity contribution in [1.82, 2.24) is 10.3 Å². The lowest BCUT2D eigenvalue weighted by Gasteiger charge is -2.18. The van der Waals surface area contributed by atoms with Gasteiger partial charge >= 0.3 is 12.4 Å². The van der Waals surface area contributed by atoms with Crippen molar-refractivity contribution >= 4 is 5.91 Å². The first kappa shape index (κ1) is 18.3. The number of aromatic nitrogens is 1. The molecule has 1 aromatic rings. The van der Waals surface area contributed by atoms with Gasteiger partial charge in [0, 0.05) is 25.2 Å². The highest BCUT2D eigenvalue weighted by atomic mass is 19.4. The summed E-state index contributed by atoms with van der Waals surface area (Å²) < 4.78 is 78.9. The minimum absolute atomic E-state index is 0.0748. The van der Waals surface area contributed by atoms with Crippen LogP contribution in [0.3, 0.4) is 0 Å². The first-order chi connectivity index (χ1) is 11.0. The summed E-state index contributed by atoms with van der Waals surface area (Å²) in [5, 5.41) is 2.32. The van der Waals surface area contributed by atoms with Crippen molar-refractivity contribution < 1.29 is 35.9 Å². The van der Waals surface area contributed by atoms with Crippen molar-refractivity contribution in [1.29, 1.82) is 0 Å². The number of nitrogens with zero attached hydrogens (tertiary/aromatic N) is 1. The van der Waals surface area contributed by atoms with Gasteiger partial charge in [-0.15, -0.1) is 0 Å². The zero-order valence-corrected chi connectivity index (χ0v) is 12.3. The number of carbonyl (C=O) groups is 1. The third kappa shape index (κ3) is 5.00. The van der Waals surface area contributed by atoms with Crippen LogP contribution in [0, 0.1) is 5.41 Å². The fourth-order valence-corrected chi connectivity index (χ4v) is 2.08. The maximum atomic E-state index is 12.8. The van der Waals surface area contributed by atoms with E-state index in [1.165, 1.54) is 18.3 Å². The van der Waals surface area contributed by atoms with Gasteiger partial charge in [-0.2, -0.15) is 26.3 Å². The molecule has 0 spiro atoms. The predicted molar refractivity (Wildman–Crippen MR) is 70.0 cm³/mol. The van der Waals surface area contributed by atoms with E-state index in [0.29, 0.717) is 5.56 Å². The van der Waals surface area contributed by atoms with E-state index in [1.807, 2.05) is 0 Å². The van der Waals surface area contributed by atoms with Crippen molar-refractivity contribution in [2.75, 3.05) is 6.61 Å². The lowest BCUT2D eigenvalue weighted by Crippen LogP contribution is -2.32. The van der Waals surface area contributed by atoms with E-state index >= 15 is 0 Å². The number of carbonyl (C=O) groups excluding carboxylic acids is 1. The topological polar surface area (TPSA) is 51.2 Å². The largest absolute Gasteiger partial charge is 0.468 e. The zero-order valence-electron chi connectivity index (χ0n) is 12.3. The molecule has 0 aliphatic heterocycles. The van der Waals surface area contributed by atoms with Crippen molar-refractivity contribution in [3.63, 3.8) is 0 Å². The van der Waals surface area contributed by atoms with Gasteiger partial charge in [-0.3, -0.25) is 4.79 Å². The highest BCUT2D eigenvalue weighted by Crippen LogP contribution is 2.59. The number of hydrogen-bond donors (Lipinski definition) is 1. The molecular weight excluding hydrogens is 342 g/mol. The lowest BCUT2D eigenvalue weighted by molar-refractivity contribution is -0.190. The molecule has 0 radical (unpaired) electrons. The molecule has 1 aliphatic carbocycles. The lowest BCUT2D eigenvalue weighted by atomic mass is 10.0. The number of alkyl halides is 6. The summed E-state index contributed by atoms with van der Waals surface area (Å²) in [6.45, 7) is -1.64. The van der Waals surface area contributed by atoms with Gasteiger partial charge in [-0.25, -0.2) is 4.98 Å². The Kier molecular flexibility index (Phi) is 4.95. The fourth-order valence-electron chi connectivity index (χ4n) is 2.08. The maximum absolute atomic E-state index is 12.8. The Hall–Kier alpha value is -2.00. The molecule has 0 aromatic carbocycles. The van der Waals surface area contributed by atoms with Gasteiger partial charge in [0.1, 0.15) is 0 Å². The fraction of sp³-hybridized carbons (Fsp3) is 0.571. The van der Waals surface area contributed by atoms with Crippen LogP contribution in [-0.4, -0.2) is 29.9 Å². The molecule has 0 bridgehead atoms. The van der Waals surface area contributed by atoms with Crippen LogP contribution in [0.15, 0.2) is 18.3 Å². The van der Waals surface area contributed by atoms with Crippen LogP contribution in [0.5, 0.6) is 5.88 Å². The highest BCUT2D eigenvalue weighted by molar-refractivity contribution is 5.77. The molecule has 0 saturated heterocycles. The molecule has 10 heteroatoms. The molecule has 24 heavy (non-hydrogen) atoms. The summed E-state index contributed by atoms with van der Waals surface area (Å²) >= 11 is 0. The van der Waals surface area contributed by atoms with Crippen LogP contribution in [0.1, 0.15) is 24.8 Å². The Morgan fingerprint density at radius 1 is 1.25 bits per heavy atom. The number of ether oxygens (including phenoxy) is 1. The molecule has 4 nitrogen and oxygen atoms in total. The number of halogens is 6.